The zero-order valence-corrected chi connectivity index (χ0v) is 10.8. The van der Waals surface area contributed by atoms with E-state index in [9.17, 15) is 4.57 Å². The summed E-state index contributed by atoms with van der Waals surface area (Å²) in [5, 5.41) is 8.80. The molecule has 0 aliphatic rings. The molecule has 0 radical (unpaired) electrons. The summed E-state index contributed by atoms with van der Waals surface area (Å²) in [5.41, 5.74) is 0. The maximum Gasteiger partial charge on any atom is 0.470 e. The molecule has 0 fully saturated rings. The van der Waals surface area contributed by atoms with Gasteiger partial charge in [-0.1, -0.05) is 0 Å². The number of aliphatic hydroxyl groups excluding tert-OH is 1. The highest BCUT2D eigenvalue weighted by molar-refractivity contribution is 7.46. The van der Waals surface area contributed by atoms with Crippen LogP contribution in [0.4, 0.5) is 0 Å². The third-order valence-corrected chi connectivity index (χ3v) is 2.27. The van der Waals surface area contributed by atoms with Crippen molar-refractivity contribution in [1.29, 1.82) is 0 Å². The number of phosphoric ester groups is 1. The lowest BCUT2D eigenvalue weighted by atomic mass is 10.4. The van der Waals surface area contributed by atoms with Gasteiger partial charge in [-0.05, 0) is 0 Å². The van der Waals surface area contributed by atoms with Gasteiger partial charge >= 0.3 is 7.82 Å². The second-order valence-corrected chi connectivity index (χ2v) is 5.68. The summed E-state index contributed by atoms with van der Waals surface area (Å²) in [4.78, 5) is 17.0. The largest absolute Gasteiger partial charge is 0.470 e. The SMILES string of the molecule is C[N+](C)(C)CCOCC(CO)OP(=O)(O)O. The predicted molar refractivity (Wildman–Crippen MR) is 57.7 cm³/mol. The van der Waals surface area contributed by atoms with Gasteiger partial charge in [-0.3, -0.25) is 4.52 Å². The standard InChI is InChI=1S/C8H20NO6P/c1-9(2,3)4-5-14-7-8(6-10)15-16(11,12)13/h8,10H,4-7H2,1-3H3,(H-,11,12,13)/p+1. The van der Waals surface area contributed by atoms with E-state index in [4.69, 9.17) is 19.6 Å². The van der Waals surface area contributed by atoms with Crippen LogP contribution in [0.2, 0.25) is 0 Å². The summed E-state index contributed by atoms with van der Waals surface area (Å²) in [6, 6.07) is 0. The van der Waals surface area contributed by atoms with Crippen molar-refractivity contribution in [3.63, 3.8) is 0 Å². The lowest BCUT2D eigenvalue weighted by Crippen LogP contribution is -2.38. The van der Waals surface area contributed by atoms with E-state index >= 15 is 0 Å². The number of phosphoric acid groups is 1. The van der Waals surface area contributed by atoms with Crippen LogP contribution in [0, 0.1) is 0 Å². The number of likely N-dealkylation sites (N-methyl/N-ethyl adjacent to an activating group) is 1. The van der Waals surface area contributed by atoms with Gasteiger partial charge in [-0.2, -0.15) is 0 Å². The van der Waals surface area contributed by atoms with E-state index in [0.717, 1.165) is 11.0 Å². The molecular weight excluding hydrogens is 237 g/mol. The Balaban J connectivity index is 3.77. The Morgan fingerprint density at radius 1 is 1.31 bits per heavy atom. The van der Waals surface area contributed by atoms with Gasteiger partial charge in [0.1, 0.15) is 12.6 Å². The second kappa shape index (κ2) is 6.66. The molecule has 0 aliphatic carbocycles. The van der Waals surface area contributed by atoms with E-state index in [1.165, 1.54) is 0 Å². The quantitative estimate of drug-likeness (QED) is 0.299. The van der Waals surface area contributed by atoms with Crippen LogP contribution in [-0.2, 0) is 13.8 Å². The van der Waals surface area contributed by atoms with E-state index < -0.39 is 20.5 Å². The number of nitrogens with zero attached hydrogens (tertiary/aromatic N) is 1. The lowest BCUT2D eigenvalue weighted by Gasteiger charge is -2.24. The van der Waals surface area contributed by atoms with Crippen molar-refractivity contribution in [1.82, 2.24) is 0 Å². The number of rotatable bonds is 8. The summed E-state index contributed by atoms with van der Waals surface area (Å²) in [7, 11) is 1.43. The first-order valence-corrected chi connectivity index (χ1v) is 6.40. The predicted octanol–water partition coefficient (Wildman–Crippen LogP) is -0.821. The molecule has 0 saturated carbocycles. The van der Waals surface area contributed by atoms with E-state index in [1.807, 2.05) is 21.1 Å². The summed E-state index contributed by atoms with van der Waals surface area (Å²) >= 11 is 0. The molecular formula is C8H21NO6P+. The maximum absolute atomic E-state index is 10.5. The maximum atomic E-state index is 10.5. The Hall–Kier alpha value is -0.0100. The summed E-state index contributed by atoms with van der Waals surface area (Å²) in [6.07, 6.45) is -0.992. The molecule has 98 valence electrons. The fourth-order valence-corrected chi connectivity index (χ4v) is 1.38. The summed E-state index contributed by atoms with van der Waals surface area (Å²) < 4.78 is 20.7. The van der Waals surface area contributed by atoms with Crippen molar-refractivity contribution in [2.24, 2.45) is 0 Å². The van der Waals surface area contributed by atoms with Gasteiger partial charge in [0.05, 0.1) is 41.0 Å². The third kappa shape index (κ3) is 10.5. The molecule has 0 aliphatic heterocycles. The molecule has 8 heteroatoms. The van der Waals surface area contributed by atoms with Crippen LogP contribution in [-0.4, -0.2) is 73.0 Å². The Labute approximate surface area is 95.4 Å². The first kappa shape index (κ1) is 16.0. The zero-order valence-electron chi connectivity index (χ0n) is 9.87. The van der Waals surface area contributed by atoms with Crippen molar-refractivity contribution in [3.8, 4) is 0 Å². The van der Waals surface area contributed by atoms with Gasteiger partial charge < -0.3 is 24.1 Å². The third-order valence-electron chi connectivity index (χ3n) is 1.70. The van der Waals surface area contributed by atoms with E-state index in [2.05, 4.69) is 4.52 Å². The Morgan fingerprint density at radius 3 is 2.25 bits per heavy atom. The van der Waals surface area contributed by atoms with Gasteiger partial charge in [0.2, 0.25) is 0 Å². The lowest BCUT2D eigenvalue weighted by molar-refractivity contribution is -0.870. The van der Waals surface area contributed by atoms with Crippen molar-refractivity contribution >= 4 is 7.82 Å². The van der Waals surface area contributed by atoms with Crippen molar-refractivity contribution < 1.29 is 33.2 Å². The van der Waals surface area contributed by atoms with Crippen LogP contribution in [0.1, 0.15) is 0 Å². The second-order valence-electron chi connectivity index (χ2n) is 4.49. The summed E-state index contributed by atoms with van der Waals surface area (Å²) in [5.74, 6) is 0. The van der Waals surface area contributed by atoms with Crippen LogP contribution in [0.15, 0.2) is 0 Å². The highest BCUT2D eigenvalue weighted by atomic mass is 31.2. The van der Waals surface area contributed by atoms with E-state index in [-0.39, 0.29) is 6.61 Å². The van der Waals surface area contributed by atoms with Gasteiger partial charge in [0, 0.05) is 0 Å². The van der Waals surface area contributed by atoms with Crippen LogP contribution in [0.25, 0.3) is 0 Å². The smallest absolute Gasteiger partial charge is 0.394 e. The van der Waals surface area contributed by atoms with Gasteiger partial charge in [0.15, 0.2) is 0 Å². The molecule has 0 aromatic carbocycles. The normalized spacial score (nSPS) is 15.1. The molecule has 1 atom stereocenters. The number of ether oxygens (including phenoxy) is 1. The first-order chi connectivity index (χ1) is 7.14. The highest BCUT2D eigenvalue weighted by Crippen LogP contribution is 2.37. The van der Waals surface area contributed by atoms with E-state index in [1.54, 1.807) is 0 Å². The minimum atomic E-state index is -4.56. The minimum absolute atomic E-state index is 0.0401. The summed E-state index contributed by atoms with van der Waals surface area (Å²) in [6.45, 7) is 0.662. The zero-order chi connectivity index (χ0) is 12.8. The monoisotopic (exact) mass is 258 g/mol. The minimum Gasteiger partial charge on any atom is -0.394 e. The number of hydrogen-bond acceptors (Lipinski definition) is 4. The molecule has 16 heavy (non-hydrogen) atoms. The highest BCUT2D eigenvalue weighted by Gasteiger charge is 2.21. The number of quaternary nitrogens is 1. The Morgan fingerprint density at radius 2 is 1.88 bits per heavy atom. The molecule has 7 nitrogen and oxygen atoms in total. The molecule has 0 saturated heterocycles. The molecule has 0 bridgehead atoms. The fourth-order valence-electron chi connectivity index (χ4n) is 0.864. The fraction of sp³-hybridized carbons (Fsp3) is 1.00. The Kier molecular flexibility index (Phi) is 6.65. The molecule has 0 spiro atoms. The molecule has 0 amide bonds. The van der Waals surface area contributed by atoms with Crippen LogP contribution < -0.4 is 0 Å². The molecule has 1 unspecified atom stereocenters. The van der Waals surface area contributed by atoms with Crippen LogP contribution >= 0.6 is 7.82 Å². The van der Waals surface area contributed by atoms with Crippen LogP contribution in [0.3, 0.4) is 0 Å². The molecule has 0 rings (SSSR count). The van der Waals surface area contributed by atoms with Gasteiger partial charge in [-0.15, -0.1) is 0 Å². The van der Waals surface area contributed by atoms with Crippen LogP contribution in [0.5, 0.6) is 0 Å². The van der Waals surface area contributed by atoms with Crippen molar-refractivity contribution in [2.75, 3.05) is 47.5 Å². The molecule has 0 aromatic rings. The Bertz CT molecular complexity index is 235. The van der Waals surface area contributed by atoms with E-state index in [0.29, 0.717) is 6.61 Å². The first-order valence-electron chi connectivity index (χ1n) is 4.87. The molecule has 3 N–H and O–H groups in total. The molecule has 0 heterocycles. The van der Waals surface area contributed by atoms with Gasteiger partial charge in [0.25, 0.3) is 0 Å². The average molecular weight is 258 g/mol. The topological polar surface area (TPSA) is 96.2 Å². The molecule has 0 aromatic heterocycles. The average Bonchev–Trinajstić information content (AvgIpc) is 2.06. The van der Waals surface area contributed by atoms with Crippen molar-refractivity contribution in [3.05, 3.63) is 0 Å². The van der Waals surface area contributed by atoms with Crippen molar-refractivity contribution in [2.45, 2.75) is 6.10 Å². The number of aliphatic hydroxyl groups is 1. The number of hydrogen-bond donors (Lipinski definition) is 3. The van der Waals surface area contributed by atoms with Gasteiger partial charge in [-0.25, -0.2) is 4.57 Å².